The van der Waals surface area contributed by atoms with Gasteiger partial charge in [0, 0.05) is 11.6 Å². The highest BCUT2D eigenvalue weighted by atomic mass is 19.1. The highest BCUT2D eigenvalue weighted by Gasteiger charge is 2.11. The second-order valence-electron chi connectivity index (χ2n) is 4.15. The van der Waals surface area contributed by atoms with Gasteiger partial charge in [-0.15, -0.1) is 0 Å². The quantitative estimate of drug-likeness (QED) is 0.938. The Bertz CT molecular complexity index is 738. The normalized spacial score (nSPS) is 9.95. The van der Waals surface area contributed by atoms with Gasteiger partial charge in [-0.1, -0.05) is 6.07 Å². The lowest BCUT2D eigenvalue weighted by Gasteiger charge is -2.08. The van der Waals surface area contributed by atoms with E-state index >= 15 is 0 Å². The summed E-state index contributed by atoms with van der Waals surface area (Å²) in [5.41, 5.74) is -0.0725. The van der Waals surface area contributed by atoms with Gasteiger partial charge in [-0.3, -0.25) is 0 Å². The van der Waals surface area contributed by atoms with Crippen molar-refractivity contribution < 1.29 is 23.4 Å². The molecule has 2 rings (SSSR count). The minimum atomic E-state index is -1.38. The third kappa shape index (κ3) is 3.34. The first-order valence-electron chi connectivity index (χ1n) is 5.85. The average Bonchev–Trinajstić information content (AvgIpc) is 2.45. The van der Waals surface area contributed by atoms with Crippen LogP contribution in [0.3, 0.4) is 0 Å². The Morgan fingerprint density at radius 1 is 1.19 bits per heavy atom. The van der Waals surface area contributed by atoms with Gasteiger partial charge in [-0.2, -0.15) is 5.26 Å². The monoisotopic (exact) mass is 289 g/mol. The molecule has 0 radical (unpaired) electrons. The summed E-state index contributed by atoms with van der Waals surface area (Å²) in [6.45, 7) is -0.163. The Hall–Kier alpha value is -2.94. The van der Waals surface area contributed by atoms with Gasteiger partial charge in [-0.25, -0.2) is 13.6 Å². The fourth-order valence-corrected chi connectivity index (χ4v) is 1.65. The molecule has 0 unspecified atom stereocenters. The van der Waals surface area contributed by atoms with Gasteiger partial charge < -0.3 is 9.84 Å². The Kier molecular flexibility index (Phi) is 4.14. The summed E-state index contributed by atoms with van der Waals surface area (Å²) >= 11 is 0. The maximum absolute atomic E-state index is 13.6. The fourth-order valence-electron chi connectivity index (χ4n) is 1.65. The minimum Gasteiger partial charge on any atom is -0.489 e. The van der Waals surface area contributed by atoms with Crippen LogP contribution in [0.25, 0.3) is 0 Å². The van der Waals surface area contributed by atoms with E-state index in [9.17, 15) is 13.6 Å². The van der Waals surface area contributed by atoms with Crippen molar-refractivity contribution in [2.45, 2.75) is 6.61 Å². The van der Waals surface area contributed by atoms with Crippen LogP contribution in [-0.4, -0.2) is 11.1 Å². The topological polar surface area (TPSA) is 70.3 Å². The second-order valence-corrected chi connectivity index (χ2v) is 4.15. The van der Waals surface area contributed by atoms with Gasteiger partial charge in [0.25, 0.3) is 0 Å². The molecule has 106 valence electrons. The summed E-state index contributed by atoms with van der Waals surface area (Å²) in [5, 5.41) is 17.3. The molecule has 2 aromatic rings. The van der Waals surface area contributed by atoms with Crippen molar-refractivity contribution in [3.63, 3.8) is 0 Å². The zero-order chi connectivity index (χ0) is 15.4. The largest absolute Gasteiger partial charge is 0.489 e. The molecule has 0 saturated heterocycles. The molecule has 6 heteroatoms. The molecule has 1 N–H and O–H groups in total. The number of aromatic carboxylic acids is 1. The van der Waals surface area contributed by atoms with Crippen LogP contribution in [0.2, 0.25) is 0 Å². The number of hydrogen-bond acceptors (Lipinski definition) is 3. The zero-order valence-corrected chi connectivity index (χ0v) is 10.6. The van der Waals surface area contributed by atoms with E-state index in [-0.39, 0.29) is 23.5 Å². The Balaban J connectivity index is 2.12. The third-order valence-electron chi connectivity index (χ3n) is 2.75. The Labute approximate surface area is 118 Å². The van der Waals surface area contributed by atoms with E-state index in [1.165, 1.54) is 18.2 Å². The van der Waals surface area contributed by atoms with Crippen LogP contribution in [-0.2, 0) is 6.61 Å². The van der Waals surface area contributed by atoms with Crippen LogP contribution in [0.1, 0.15) is 21.5 Å². The van der Waals surface area contributed by atoms with Crippen molar-refractivity contribution in [1.82, 2.24) is 0 Å². The molecular weight excluding hydrogens is 280 g/mol. The maximum Gasteiger partial charge on any atom is 0.338 e. The van der Waals surface area contributed by atoms with Crippen LogP contribution in [0.4, 0.5) is 8.78 Å². The van der Waals surface area contributed by atoms with Crippen molar-refractivity contribution in [3.05, 3.63) is 64.7 Å². The number of rotatable bonds is 4. The van der Waals surface area contributed by atoms with E-state index in [1.807, 2.05) is 6.07 Å². The van der Waals surface area contributed by atoms with Gasteiger partial charge in [0.1, 0.15) is 24.0 Å². The lowest BCUT2D eigenvalue weighted by atomic mass is 10.1. The molecule has 0 bridgehead atoms. The van der Waals surface area contributed by atoms with Gasteiger partial charge in [0.2, 0.25) is 0 Å². The SMILES string of the molecule is N#Cc1ccc(COc2ccc(C(=O)O)c(F)c2)c(F)c1. The summed E-state index contributed by atoms with van der Waals surface area (Å²) in [7, 11) is 0. The molecule has 0 aliphatic carbocycles. The van der Waals surface area contributed by atoms with E-state index in [4.69, 9.17) is 15.1 Å². The first kappa shape index (κ1) is 14.5. The van der Waals surface area contributed by atoms with E-state index in [0.29, 0.717) is 0 Å². The van der Waals surface area contributed by atoms with Gasteiger partial charge in [0.15, 0.2) is 0 Å². The fraction of sp³-hybridized carbons (Fsp3) is 0.0667. The van der Waals surface area contributed by atoms with Crippen molar-refractivity contribution in [2.24, 2.45) is 0 Å². The number of carbonyl (C=O) groups is 1. The average molecular weight is 289 g/mol. The van der Waals surface area contributed by atoms with E-state index in [2.05, 4.69) is 0 Å². The van der Waals surface area contributed by atoms with Crippen molar-refractivity contribution in [1.29, 1.82) is 5.26 Å². The molecule has 0 amide bonds. The summed E-state index contributed by atoms with van der Waals surface area (Å²) in [6.07, 6.45) is 0. The molecule has 0 saturated carbocycles. The van der Waals surface area contributed by atoms with Crippen molar-refractivity contribution in [2.75, 3.05) is 0 Å². The molecule has 2 aromatic carbocycles. The summed E-state index contributed by atoms with van der Waals surface area (Å²) in [4.78, 5) is 10.7. The number of benzene rings is 2. The summed E-state index contributed by atoms with van der Waals surface area (Å²) in [5.74, 6) is -2.82. The highest BCUT2D eigenvalue weighted by molar-refractivity contribution is 5.88. The number of nitrogens with zero attached hydrogens (tertiary/aromatic N) is 1. The van der Waals surface area contributed by atoms with Crippen LogP contribution < -0.4 is 4.74 Å². The maximum atomic E-state index is 13.6. The van der Waals surface area contributed by atoms with Gasteiger partial charge >= 0.3 is 5.97 Å². The molecule has 21 heavy (non-hydrogen) atoms. The smallest absolute Gasteiger partial charge is 0.338 e. The predicted octanol–water partition coefficient (Wildman–Crippen LogP) is 3.11. The first-order valence-corrected chi connectivity index (χ1v) is 5.85. The molecule has 0 atom stereocenters. The highest BCUT2D eigenvalue weighted by Crippen LogP contribution is 2.19. The third-order valence-corrected chi connectivity index (χ3v) is 2.75. The van der Waals surface area contributed by atoms with Gasteiger partial charge in [0.05, 0.1) is 17.2 Å². The molecule has 4 nitrogen and oxygen atoms in total. The van der Waals surface area contributed by atoms with Crippen LogP contribution >= 0.6 is 0 Å². The zero-order valence-electron chi connectivity index (χ0n) is 10.6. The predicted molar refractivity (Wildman–Crippen MR) is 68.8 cm³/mol. The number of halogens is 2. The molecule has 0 heterocycles. The summed E-state index contributed by atoms with van der Waals surface area (Å²) in [6, 6.07) is 9.00. The van der Waals surface area contributed by atoms with Crippen LogP contribution in [0.5, 0.6) is 5.75 Å². The van der Waals surface area contributed by atoms with E-state index in [1.54, 1.807) is 0 Å². The molecule has 0 aliphatic heterocycles. The number of nitriles is 1. The number of hydrogen-bond donors (Lipinski definition) is 1. The second kappa shape index (κ2) is 6.01. The Morgan fingerprint density at radius 3 is 2.52 bits per heavy atom. The molecular formula is C15H9F2NO3. The molecule has 0 aliphatic rings. The van der Waals surface area contributed by atoms with Crippen molar-refractivity contribution >= 4 is 5.97 Å². The van der Waals surface area contributed by atoms with Gasteiger partial charge in [-0.05, 0) is 24.3 Å². The Morgan fingerprint density at radius 2 is 1.95 bits per heavy atom. The van der Waals surface area contributed by atoms with Crippen molar-refractivity contribution in [3.8, 4) is 11.8 Å². The minimum absolute atomic E-state index is 0.0845. The molecule has 0 spiro atoms. The number of carboxylic acid groups (broad SMARTS) is 1. The molecule has 0 aromatic heterocycles. The lowest BCUT2D eigenvalue weighted by molar-refractivity contribution is 0.0692. The van der Waals surface area contributed by atoms with Crippen LogP contribution in [0, 0.1) is 23.0 Å². The number of carboxylic acids is 1. The first-order chi connectivity index (χ1) is 10.0. The van der Waals surface area contributed by atoms with E-state index < -0.39 is 23.2 Å². The van der Waals surface area contributed by atoms with Crippen LogP contribution in [0.15, 0.2) is 36.4 Å². The molecule has 0 fully saturated rings. The standard InChI is InChI=1S/C15H9F2NO3/c16-13-5-9(7-18)1-2-10(13)8-21-11-3-4-12(15(19)20)14(17)6-11/h1-6H,8H2,(H,19,20). The lowest BCUT2D eigenvalue weighted by Crippen LogP contribution is -2.02. The number of ether oxygens (including phenoxy) is 1. The summed E-state index contributed by atoms with van der Waals surface area (Å²) < 4.78 is 32.2. The van der Waals surface area contributed by atoms with E-state index in [0.717, 1.165) is 18.2 Å².